The number of piperidine rings is 1. The predicted octanol–water partition coefficient (Wildman–Crippen LogP) is 3.39. The first kappa shape index (κ1) is 12.9. The summed E-state index contributed by atoms with van der Waals surface area (Å²) in [6.07, 6.45) is 3.60. The Bertz CT molecular complexity index is 361. The van der Waals surface area contributed by atoms with Crippen LogP contribution in [0.2, 0.25) is 0 Å². The Kier molecular flexibility index (Phi) is 4.86. The standard InChI is InChI=1S/C14H20BrNO/c1-2-11-5-6-14(13(15)8-11)17-10-12-4-3-7-16-9-12/h5-6,8,12,16H,2-4,7,9-10H2,1H3. The van der Waals surface area contributed by atoms with E-state index in [0.29, 0.717) is 5.92 Å². The van der Waals surface area contributed by atoms with Gasteiger partial charge in [-0.3, -0.25) is 0 Å². The molecule has 1 aromatic carbocycles. The van der Waals surface area contributed by atoms with E-state index in [-0.39, 0.29) is 0 Å². The number of hydrogen-bond donors (Lipinski definition) is 1. The maximum Gasteiger partial charge on any atom is 0.133 e. The number of nitrogens with one attached hydrogen (secondary N) is 1. The molecule has 3 heteroatoms. The fourth-order valence-corrected chi connectivity index (χ4v) is 2.70. The first-order chi connectivity index (χ1) is 8.29. The van der Waals surface area contributed by atoms with Crippen molar-refractivity contribution in [2.45, 2.75) is 26.2 Å². The van der Waals surface area contributed by atoms with Crippen molar-refractivity contribution < 1.29 is 4.74 Å². The minimum atomic E-state index is 0.654. The monoisotopic (exact) mass is 297 g/mol. The second-order valence-electron chi connectivity index (χ2n) is 4.64. The van der Waals surface area contributed by atoms with E-state index in [1.54, 1.807) is 0 Å². The minimum Gasteiger partial charge on any atom is -0.492 e. The highest BCUT2D eigenvalue weighted by molar-refractivity contribution is 9.10. The molecule has 0 radical (unpaired) electrons. The van der Waals surface area contributed by atoms with Gasteiger partial charge in [-0.1, -0.05) is 13.0 Å². The molecule has 0 bridgehead atoms. The molecule has 1 heterocycles. The van der Waals surface area contributed by atoms with Crippen LogP contribution in [0.1, 0.15) is 25.3 Å². The third-order valence-corrected chi connectivity index (χ3v) is 3.90. The fourth-order valence-electron chi connectivity index (χ4n) is 2.16. The molecule has 1 unspecified atom stereocenters. The first-order valence-electron chi connectivity index (χ1n) is 6.41. The molecule has 0 aromatic heterocycles. The Morgan fingerprint density at radius 3 is 3.00 bits per heavy atom. The quantitative estimate of drug-likeness (QED) is 0.920. The Hall–Kier alpha value is -0.540. The van der Waals surface area contributed by atoms with Gasteiger partial charge in [0.1, 0.15) is 5.75 Å². The molecular formula is C14H20BrNO. The normalized spacial score (nSPS) is 20.2. The number of halogens is 1. The highest BCUT2D eigenvalue weighted by Gasteiger charge is 2.14. The van der Waals surface area contributed by atoms with E-state index in [2.05, 4.69) is 46.4 Å². The summed E-state index contributed by atoms with van der Waals surface area (Å²) in [5.41, 5.74) is 1.34. The highest BCUT2D eigenvalue weighted by Crippen LogP contribution is 2.27. The highest BCUT2D eigenvalue weighted by atomic mass is 79.9. The number of hydrogen-bond acceptors (Lipinski definition) is 2. The van der Waals surface area contributed by atoms with Crippen LogP contribution < -0.4 is 10.1 Å². The zero-order chi connectivity index (χ0) is 12.1. The topological polar surface area (TPSA) is 21.3 Å². The average molecular weight is 298 g/mol. The van der Waals surface area contributed by atoms with Crippen molar-refractivity contribution in [1.29, 1.82) is 0 Å². The van der Waals surface area contributed by atoms with Gasteiger partial charge in [0.05, 0.1) is 11.1 Å². The summed E-state index contributed by atoms with van der Waals surface area (Å²) in [5.74, 6) is 1.62. The van der Waals surface area contributed by atoms with Gasteiger partial charge in [0.25, 0.3) is 0 Å². The van der Waals surface area contributed by atoms with Crippen LogP contribution >= 0.6 is 15.9 Å². The van der Waals surface area contributed by atoms with Crippen molar-refractivity contribution in [3.05, 3.63) is 28.2 Å². The fraction of sp³-hybridized carbons (Fsp3) is 0.571. The lowest BCUT2D eigenvalue weighted by Gasteiger charge is -2.23. The summed E-state index contributed by atoms with van der Waals surface area (Å²) in [6.45, 7) is 5.23. The summed E-state index contributed by atoms with van der Waals surface area (Å²) < 4.78 is 6.96. The number of rotatable bonds is 4. The lowest BCUT2D eigenvalue weighted by atomic mass is 10.0. The van der Waals surface area contributed by atoms with Crippen molar-refractivity contribution >= 4 is 15.9 Å². The van der Waals surface area contributed by atoms with Crippen molar-refractivity contribution in [2.24, 2.45) is 5.92 Å². The Morgan fingerprint density at radius 1 is 1.47 bits per heavy atom. The summed E-state index contributed by atoms with van der Waals surface area (Å²) in [6, 6.07) is 6.35. The van der Waals surface area contributed by atoms with Gasteiger partial charge < -0.3 is 10.1 Å². The maximum atomic E-state index is 5.89. The van der Waals surface area contributed by atoms with Crippen LogP contribution in [0.25, 0.3) is 0 Å². The minimum absolute atomic E-state index is 0.654. The molecule has 1 aliphatic heterocycles. The summed E-state index contributed by atoms with van der Waals surface area (Å²) in [7, 11) is 0. The number of benzene rings is 1. The molecule has 1 aromatic rings. The van der Waals surface area contributed by atoms with Crippen LogP contribution in [0.3, 0.4) is 0 Å². The molecule has 0 saturated carbocycles. The molecule has 1 saturated heterocycles. The molecule has 1 fully saturated rings. The molecule has 1 N–H and O–H groups in total. The van der Waals surface area contributed by atoms with Gasteiger partial charge in [-0.05, 0) is 59.4 Å². The number of ether oxygens (including phenoxy) is 1. The van der Waals surface area contributed by atoms with E-state index in [0.717, 1.165) is 36.3 Å². The zero-order valence-corrected chi connectivity index (χ0v) is 11.9. The van der Waals surface area contributed by atoms with E-state index < -0.39 is 0 Å². The van der Waals surface area contributed by atoms with E-state index in [4.69, 9.17) is 4.74 Å². The second kappa shape index (κ2) is 6.41. The van der Waals surface area contributed by atoms with Gasteiger partial charge in [-0.2, -0.15) is 0 Å². The zero-order valence-electron chi connectivity index (χ0n) is 10.3. The molecule has 1 aliphatic rings. The van der Waals surface area contributed by atoms with Crippen LogP contribution in [-0.2, 0) is 6.42 Å². The van der Waals surface area contributed by atoms with Crippen LogP contribution in [0.5, 0.6) is 5.75 Å². The molecule has 2 rings (SSSR count). The van der Waals surface area contributed by atoms with E-state index in [1.807, 2.05) is 0 Å². The molecule has 2 nitrogen and oxygen atoms in total. The predicted molar refractivity (Wildman–Crippen MR) is 74.6 cm³/mol. The van der Waals surface area contributed by atoms with Crippen LogP contribution in [0, 0.1) is 5.92 Å². The van der Waals surface area contributed by atoms with Crippen LogP contribution in [-0.4, -0.2) is 19.7 Å². The molecular weight excluding hydrogens is 278 g/mol. The largest absolute Gasteiger partial charge is 0.492 e. The third kappa shape index (κ3) is 3.71. The maximum absolute atomic E-state index is 5.89. The lowest BCUT2D eigenvalue weighted by Crippen LogP contribution is -2.33. The summed E-state index contributed by atoms with van der Waals surface area (Å²) in [4.78, 5) is 0. The average Bonchev–Trinajstić information content (AvgIpc) is 2.38. The Balaban J connectivity index is 1.89. The summed E-state index contributed by atoms with van der Waals surface area (Å²) in [5, 5.41) is 3.41. The smallest absolute Gasteiger partial charge is 0.133 e. The summed E-state index contributed by atoms with van der Waals surface area (Å²) >= 11 is 3.57. The van der Waals surface area contributed by atoms with E-state index in [1.165, 1.54) is 18.4 Å². The van der Waals surface area contributed by atoms with Crippen LogP contribution in [0.4, 0.5) is 0 Å². The SMILES string of the molecule is CCc1ccc(OCC2CCCNC2)c(Br)c1. The lowest BCUT2D eigenvalue weighted by molar-refractivity contribution is 0.217. The molecule has 1 atom stereocenters. The third-order valence-electron chi connectivity index (χ3n) is 3.28. The number of aryl methyl sites for hydroxylation is 1. The van der Waals surface area contributed by atoms with E-state index in [9.17, 15) is 0 Å². The molecule has 0 amide bonds. The van der Waals surface area contributed by atoms with Gasteiger partial charge >= 0.3 is 0 Å². The van der Waals surface area contributed by atoms with Crippen molar-refractivity contribution in [3.63, 3.8) is 0 Å². The van der Waals surface area contributed by atoms with Gasteiger partial charge in [0.2, 0.25) is 0 Å². The Morgan fingerprint density at radius 2 is 2.35 bits per heavy atom. The van der Waals surface area contributed by atoms with Gasteiger partial charge in [0.15, 0.2) is 0 Å². The van der Waals surface area contributed by atoms with Crippen LogP contribution in [0.15, 0.2) is 22.7 Å². The Labute approximate surface area is 112 Å². The first-order valence-corrected chi connectivity index (χ1v) is 7.21. The van der Waals surface area contributed by atoms with Gasteiger partial charge in [-0.15, -0.1) is 0 Å². The van der Waals surface area contributed by atoms with Gasteiger partial charge in [0, 0.05) is 12.5 Å². The molecule has 94 valence electrons. The van der Waals surface area contributed by atoms with Crippen molar-refractivity contribution in [2.75, 3.05) is 19.7 Å². The molecule has 0 aliphatic carbocycles. The van der Waals surface area contributed by atoms with Crippen molar-refractivity contribution in [1.82, 2.24) is 5.32 Å². The van der Waals surface area contributed by atoms with Crippen molar-refractivity contribution in [3.8, 4) is 5.75 Å². The van der Waals surface area contributed by atoms with E-state index >= 15 is 0 Å². The van der Waals surface area contributed by atoms with Gasteiger partial charge in [-0.25, -0.2) is 0 Å². The molecule has 0 spiro atoms. The molecule has 17 heavy (non-hydrogen) atoms. The second-order valence-corrected chi connectivity index (χ2v) is 5.50.